The standard InChI is InChI=1S/C9H18ClN/c1-7(2)9(10)8-5-4-6-11(8)3/h7-9H,4-6H2,1-3H3/t8?,9-/m1/s1. The van der Waals surface area contributed by atoms with E-state index in [4.69, 9.17) is 11.6 Å². The Morgan fingerprint density at radius 1 is 1.45 bits per heavy atom. The predicted octanol–water partition coefficient (Wildman–Crippen LogP) is 2.34. The molecule has 1 rings (SSSR count). The van der Waals surface area contributed by atoms with E-state index in [0.717, 1.165) is 0 Å². The van der Waals surface area contributed by atoms with Gasteiger partial charge in [0.05, 0.1) is 5.38 Å². The van der Waals surface area contributed by atoms with Gasteiger partial charge in [-0.05, 0) is 32.4 Å². The van der Waals surface area contributed by atoms with Gasteiger partial charge in [-0.15, -0.1) is 11.6 Å². The molecule has 0 amide bonds. The number of hydrogen-bond acceptors (Lipinski definition) is 1. The lowest BCUT2D eigenvalue weighted by atomic mass is 10.0. The third-order valence-electron chi connectivity index (χ3n) is 2.58. The van der Waals surface area contributed by atoms with Crippen molar-refractivity contribution in [2.75, 3.05) is 13.6 Å². The van der Waals surface area contributed by atoms with E-state index < -0.39 is 0 Å². The fourth-order valence-electron chi connectivity index (χ4n) is 1.78. The van der Waals surface area contributed by atoms with Crippen LogP contribution in [-0.2, 0) is 0 Å². The number of nitrogens with zero attached hydrogens (tertiary/aromatic N) is 1. The fraction of sp³-hybridized carbons (Fsp3) is 1.00. The van der Waals surface area contributed by atoms with Crippen molar-refractivity contribution < 1.29 is 0 Å². The second-order valence-electron chi connectivity index (χ2n) is 3.88. The molecular weight excluding hydrogens is 158 g/mol. The van der Waals surface area contributed by atoms with E-state index in [0.29, 0.717) is 17.3 Å². The smallest absolute Gasteiger partial charge is 0.0514 e. The molecule has 0 radical (unpaired) electrons. The number of likely N-dealkylation sites (tertiary alicyclic amines) is 1. The Balaban J connectivity index is 2.45. The summed E-state index contributed by atoms with van der Waals surface area (Å²) in [6, 6.07) is 0.622. The van der Waals surface area contributed by atoms with Crippen molar-refractivity contribution in [3.8, 4) is 0 Å². The zero-order valence-electron chi connectivity index (χ0n) is 7.68. The summed E-state index contributed by atoms with van der Waals surface area (Å²) in [5.74, 6) is 0.599. The normalized spacial score (nSPS) is 29.7. The number of rotatable bonds is 2. The lowest BCUT2D eigenvalue weighted by Crippen LogP contribution is -2.35. The third kappa shape index (κ3) is 2.09. The molecule has 1 aliphatic rings. The molecule has 1 heterocycles. The van der Waals surface area contributed by atoms with E-state index in [-0.39, 0.29) is 0 Å². The highest BCUT2D eigenvalue weighted by molar-refractivity contribution is 6.21. The van der Waals surface area contributed by atoms with Gasteiger partial charge in [-0.25, -0.2) is 0 Å². The van der Waals surface area contributed by atoms with Crippen LogP contribution in [0.5, 0.6) is 0 Å². The van der Waals surface area contributed by atoms with Crippen LogP contribution < -0.4 is 0 Å². The van der Waals surface area contributed by atoms with Crippen LogP contribution in [0.4, 0.5) is 0 Å². The van der Waals surface area contributed by atoms with E-state index >= 15 is 0 Å². The zero-order valence-corrected chi connectivity index (χ0v) is 8.43. The van der Waals surface area contributed by atoms with Crippen LogP contribution in [0.15, 0.2) is 0 Å². The minimum Gasteiger partial charge on any atom is -0.302 e. The molecule has 0 N–H and O–H groups in total. The van der Waals surface area contributed by atoms with Gasteiger partial charge in [0.15, 0.2) is 0 Å². The van der Waals surface area contributed by atoms with E-state index in [2.05, 4.69) is 25.8 Å². The van der Waals surface area contributed by atoms with Crippen LogP contribution >= 0.6 is 11.6 Å². The summed E-state index contributed by atoms with van der Waals surface area (Å²) in [6.07, 6.45) is 2.60. The molecule has 0 aromatic rings. The van der Waals surface area contributed by atoms with Crippen molar-refractivity contribution in [1.29, 1.82) is 0 Å². The highest BCUT2D eigenvalue weighted by Crippen LogP contribution is 2.25. The topological polar surface area (TPSA) is 3.24 Å². The first-order valence-corrected chi connectivity index (χ1v) is 4.91. The third-order valence-corrected chi connectivity index (χ3v) is 3.38. The van der Waals surface area contributed by atoms with Crippen molar-refractivity contribution in [1.82, 2.24) is 4.90 Å². The van der Waals surface area contributed by atoms with Crippen molar-refractivity contribution in [3.05, 3.63) is 0 Å². The summed E-state index contributed by atoms with van der Waals surface area (Å²) in [5, 5.41) is 0.336. The van der Waals surface area contributed by atoms with E-state index in [9.17, 15) is 0 Å². The van der Waals surface area contributed by atoms with E-state index in [1.807, 2.05) is 0 Å². The molecule has 1 saturated heterocycles. The van der Waals surface area contributed by atoms with Crippen LogP contribution in [0.25, 0.3) is 0 Å². The Kier molecular flexibility index (Phi) is 3.20. The maximum absolute atomic E-state index is 6.28. The van der Waals surface area contributed by atoms with Crippen molar-refractivity contribution >= 4 is 11.6 Å². The Labute approximate surface area is 74.7 Å². The molecule has 1 nitrogen and oxygen atoms in total. The number of halogens is 1. The molecule has 0 aliphatic carbocycles. The van der Waals surface area contributed by atoms with Gasteiger partial charge in [-0.2, -0.15) is 0 Å². The quantitative estimate of drug-likeness (QED) is 0.583. The summed E-state index contributed by atoms with van der Waals surface area (Å²) in [5.41, 5.74) is 0. The molecule has 0 spiro atoms. The van der Waals surface area contributed by atoms with Crippen LogP contribution in [0.1, 0.15) is 26.7 Å². The summed E-state index contributed by atoms with van der Waals surface area (Å²) >= 11 is 6.28. The van der Waals surface area contributed by atoms with Gasteiger partial charge < -0.3 is 4.90 Å². The van der Waals surface area contributed by atoms with Crippen molar-refractivity contribution in [2.24, 2.45) is 5.92 Å². The maximum Gasteiger partial charge on any atom is 0.0514 e. The molecule has 0 aromatic heterocycles. The van der Waals surface area contributed by atoms with Gasteiger partial charge in [-0.3, -0.25) is 0 Å². The molecule has 0 saturated carbocycles. The average molecular weight is 176 g/mol. The van der Waals surface area contributed by atoms with Crippen molar-refractivity contribution in [2.45, 2.75) is 38.1 Å². The molecule has 2 heteroatoms. The molecule has 2 atom stereocenters. The fourth-order valence-corrected chi connectivity index (χ4v) is 2.10. The summed E-state index contributed by atoms with van der Waals surface area (Å²) in [6.45, 7) is 5.62. The molecule has 1 fully saturated rings. The minimum absolute atomic E-state index is 0.336. The largest absolute Gasteiger partial charge is 0.302 e. The van der Waals surface area contributed by atoms with Crippen LogP contribution in [0, 0.1) is 5.92 Å². The van der Waals surface area contributed by atoms with Gasteiger partial charge >= 0.3 is 0 Å². The number of alkyl halides is 1. The summed E-state index contributed by atoms with van der Waals surface area (Å²) < 4.78 is 0. The van der Waals surface area contributed by atoms with Gasteiger partial charge in [0.1, 0.15) is 0 Å². The highest BCUT2D eigenvalue weighted by Gasteiger charge is 2.29. The van der Waals surface area contributed by atoms with Gasteiger partial charge in [-0.1, -0.05) is 13.8 Å². The van der Waals surface area contributed by atoms with E-state index in [1.165, 1.54) is 19.4 Å². The average Bonchev–Trinajstić information content (AvgIpc) is 2.33. The SMILES string of the molecule is CC(C)[C@@H](Cl)C1CCCN1C. The summed E-state index contributed by atoms with van der Waals surface area (Å²) in [4.78, 5) is 2.39. The lowest BCUT2D eigenvalue weighted by molar-refractivity contribution is 0.277. The zero-order chi connectivity index (χ0) is 8.43. The predicted molar refractivity (Wildman–Crippen MR) is 50.1 cm³/mol. The van der Waals surface area contributed by atoms with Gasteiger partial charge in [0.2, 0.25) is 0 Å². The second kappa shape index (κ2) is 3.77. The Hall–Kier alpha value is 0.250. The molecule has 0 aromatic carbocycles. The molecule has 66 valence electrons. The monoisotopic (exact) mass is 175 g/mol. The first-order valence-electron chi connectivity index (χ1n) is 4.47. The summed E-state index contributed by atoms with van der Waals surface area (Å²) in [7, 11) is 2.18. The van der Waals surface area contributed by atoms with Crippen molar-refractivity contribution in [3.63, 3.8) is 0 Å². The van der Waals surface area contributed by atoms with Gasteiger partial charge in [0, 0.05) is 6.04 Å². The lowest BCUT2D eigenvalue weighted by Gasteiger charge is -2.26. The highest BCUT2D eigenvalue weighted by atomic mass is 35.5. The maximum atomic E-state index is 6.28. The molecule has 11 heavy (non-hydrogen) atoms. The van der Waals surface area contributed by atoms with E-state index in [1.54, 1.807) is 0 Å². The second-order valence-corrected chi connectivity index (χ2v) is 4.38. The molecule has 1 aliphatic heterocycles. The van der Waals surface area contributed by atoms with Gasteiger partial charge in [0.25, 0.3) is 0 Å². The first kappa shape index (κ1) is 9.34. The van der Waals surface area contributed by atoms with Crippen LogP contribution in [-0.4, -0.2) is 29.9 Å². The Bertz CT molecular complexity index is 125. The first-order chi connectivity index (χ1) is 5.13. The molecular formula is C9H18ClN. The molecule has 1 unspecified atom stereocenters. The minimum atomic E-state index is 0.336. The Morgan fingerprint density at radius 3 is 2.45 bits per heavy atom. The van der Waals surface area contributed by atoms with Crippen LogP contribution in [0.2, 0.25) is 0 Å². The molecule has 0 bridgehead atoms. The van der Waals surface area contributed by atoms with Crippen LogP contribution in [0.3, 0.4) is 0 Å². The number of hydrogen-bond donors (Lipinski definition) is 0. The Morgan fingerprint density at radius 2 is 2.09 bits per heavy atom.